The molecule has 0 aliphatic rings. The fourth-order valence-corrected chi connectivity index (χ4v) is 3.53. The van der Waals surface area contributed by atoms with Crippen LogP contribution in [0.5, 0.6) is 5.88 Å². The Morgan fingerprint density at radius 3 is 1.93 bits per heavy atom. The summed E-state index contributed by atoms with van der Waals surface area (Å²) < 4.78 is 2.99. The zero-order chi connectivity index (χ0) is 19.8. The van der Waals surface area contributed by atoms with Crippen LogP contribution < -0.4 is 5.56 Å². The highest BCUT2D eigenvalue weighted by molar-refractivity contribution is 5.82. The van der Waals surface area contributed by atoms with Gasteiger partial charge in [-0.05, 0) is 36.4 Å². The number of nitrogens with zero attached hydrogens (tertiary/aromatic N) is 3. The number of fused-ring (bicyclic) bond motifs is 1. The molecule has 5 rings (SSSR count). The van der Waals surface area contributed by atoms with Crippen LogP contribution in [0.4, 0.5) is 0 Å². The molecule has 0 spiro atoms. The fraction of sp³-hybridized carbons (Fsp3) is 0. The van der Waals surface area contributed by atoms with E-state index in [1.807, 2.05) is 91.0 Å². The van der Waals surface area contributed by atoms with Crippen molar-refractivity contribution in [1.29, 1.82) is 0 Å². The normalized spacial score (nSPS) is 11.0. The average molecular weight is 379 g/mol. The molecule has 0 aliphatic heterocycles. The smallest absolute Gasteiger partial charge is 0.285 e. The quantitative estimate of drug-likeness (QED) is 0.500. The summed E-state index contributed by atoms with van der Waals surface area (Å²) in [5, 5.41) is 12.1. The lowest BCUT2D eigenvalue weighted by molar-refractivity contribution is 0.426. The molecule has 0 fully saturated rings. The van der Waals surface area contributed by atoms with Crippen molar-refractivity contribution in [2.24, 2.45) is 0 Å². The Bertz CT molecular complexity index is 1370. The molecule has 0 radical (unpaired) electrons. The first-order valence-electron chi connectivity index (χ1n) is 9.28. The van der Waals surface area contributed by atoms with Crippen LogP contribution in [0.3, 0.4) is 0 Å². The highest BCUT2D eigenvalue weighted by atomic mass is 16.3. The van der Waals surface area contributed by atoms with Crippen molar-refractivity contribution >= 4 is 10.9 Å². The van der Waals surface area contributed by atoms with Gasteiger partial charge in [-0.15, -0.1) is 0 Å². The van der Waals surface area contributed by atoms with Crippen molar-refractivity contribution in [3.05, 3.63) is 107 Å². The Morgan fingerprint density at radius 1 is 0.655 bits per heavy atom. The Hall–Kier alpha value is -4.12. The summed E-state index contributed by atoms with van der Waals surface area (Å²) in [5.41, 5.74) is 2.37. The summed E-state index contributed by atoms with van der Waals surface area (Å²) in [6.07, 6.45) is 0. The molecule has 5 nitrogen and oxygen atoms in total. The number of pyridine rings is 1. The Kier molecular flexibility index (Phi) is 3.99. The summed E-state index contributed by atoms with van der Waals surface area (Å²) in [4.78, 5) is 18.1. The molecule has 0 saturated heterocycles. The maximum atomic E-state index is 13.5. The van der Waals surface area contributed by atoms with Crippen LogP contribution in [0.1, 0.15) is 0 Å². The van der Waals surface area contributed by atoms with Gasteiger partial charge in [0, 0.05) is 5.39 Å². The first kappa shape index (κ1) is 17.0. The molecule has 0 unspecified atom stereocenters. The van der Waals surface area contributed by atoms with E-state index in [-0.39, 0.29) is 17.0 Å². The maximum Gasteiger partial charge on any atom is 0.285 e. The molecule has 29 heavy (non-hydrogen) atoms. The highest BCUT2D eigenvalue weighted by Crippen LogP contribution is 2.30. The van der Waals surface area contributed by atoms with Crippen LogP contribution >= 0.6 is 0 Å². The Balaban J connectivity index is 1.83. The maximum absolute atomic E-state index is 13.5. The summed E-state index contributed by atoms with van der Waals surface area (Å²) in [7, 11) is 0. The minimum Gasteiger partial charge on any atom is -0.493 e. The molecular formula is C24H17N3O2. The van der Waals surface area contributed by atoms with Gasteiger partial charge in [0.25, 0.3) is 5.56 Å². The van der Waals surface area contributed by atoms with Gasteiger partial charge in [-0.25, -0.2) is 14.3 Å². The zero-order valence-electron chi connectivity index (χ0n) is 15.4. The molecule has 5 aromatic rings. The second kappa shape index (κ2) is 6.80. The first-order valence-corrected chi connectivity index (χ1v) is 9.28. The number of rotatable bonds is 3. The van der Waals surface area contributed by atoms with E-state index in [2.05, 4.69) is 4.98 Å². The predicted octanol–water partition coefficient (Wildman–Crippen LogP) is 4.55. The summed E-state index contributed by atoms with van der Waals surface area (Å²) in [6, 6.07) is 29.9. The Morgan fingerprint density at radius 2 is 1.24 bits per heavy atom. The van der Waals surface area contributed by atoms with Crippen LogP contribution in [0.25, 0.3) is 33.5 Å². The van der Waals surface area contributed by atoms with Gasteiger partial charge in [0.05, 0.1) is 22.6 Å². The van der Waals surface area contributed by atoms with E-state index >= 15 is 0 Å². The lowest BCUT2D eigenvalue weighted by atomic mass is 10.1. The van der Waals surface area contributed by atoms with E-state index in [0.717, 1.165) is 10.9 Å². The van der Waals surface area contributed by atoms with Crippen molar-refractivity contribution in [3.8, 4) is 28.5 Å². The van der Waals surface area contributed by atoms with Crippen LogP contribution in [-0.4, -0.2) is 19.5 Å². The molecule has 5 heteroatoms. The van der Waals surface area contributed by atoms with E-state index in [0.29, 0.717) is 17.1 Å². The summed E-state index contributed by atoms with van der Waals surface area (Å²) in [6.45, 7) is 0. The topological polar surface area (TPSA) is 60.0 Å². The molecule has 1 N–H and O–H groups in total. The van der Waals surface area contributed by atoms with E-state index in [4.69, 9.17) is 0 Å². The third kappa shape index (κ3) is 2.80. The van der Waals surface area contributed by atoms with E-state index in [1.54, 1.807) is 6.07 Å². The van der Waals surface area contributed by atoms with Crippen molar-refractivity contribution in [1.82, 2.24) is 14.3 Å². The fourth-order valence-electron chi connectivity index (χ4n) is 3.53. The third-order valence-corrected chi connectivity index (χ3v) is 4.89. The lowest BCUT2D eigenvalue weighted by Crippen LogP contribution is -2.20. The molecule has 0 saturated carbocycles. The molecule has 3 aromatic carbocycles. The van der Waals surface area contributed by atoms with Crippen molar-refractivity contribution < 1.29 is 5.11 Å². The number of para-hydroxylation sites is 3. The minimum atomic E-state index is -0.333. The van der Waals surface area contributed by atoms with Gasteiger partial charge in [0.2, 0.25) is 5.88 Å². The first-order chi connectivity index (χ1) is 14.2. The molecule has 0 bridgehead atoms. The van der Waals surface area contributed by atoms with E-state index < -0.39 is 0 Å². The predicted molar refractivity (Wildman–Crippen MR) is 114 cm³/mol. The van der Waals surface area contributed by atoms with E-state index in [9.17, 15) is 9.90 Å². The number of benzene rings is 3. The van der Waals surface area contributed by atoms with Gasteiger partial charge in [0.15, 0.2) is 0 Å². The largest absolute Gasteiger partial charge is 0.493 e. The van der Waals surface area contributed by atoms with Gasteiger partial charge in [-0.2, -0.15) is 0 Å². The summed E-state index contributed by atoms with van der Waals surface area (Å²) in [5.74, 6) is -0.146. The SMILES string of the molecule is O=c1c(-c2ccc3ccccc3n2)c(O)n(-c2ccccc2)n1-c1ccccc1. The number of aromatic hydroxyl groups is 1. The molecule has 2 heterocycles. The molecule has 140 valence electrons. The van der Waals surface area contributed by atoms with Gasteiger partial charge in [-0.1, -0.05) is 60.7 Å². The van der Waals surface area contributed by atoms with Gasteiger partial charge in [-0.3, -0.25) is 4.79 Å². The number of aromatic nitrogens is 3. The standard InChI is InChI=1S/C24H17N3O2/c28-23-22(21-16-15-17-9-7-8-14-20(17)25-21)24(29)27(19-12-5-2-6-13-19)26(23)18-10-3-1-4-11-18/h1-16,28H. The van der Waals surface area contributed by atoms with Gasteiger partial charge >= 0.3 is 0 Å². The Labute approximate surface area is 166 Å². The highest BCUT2D eigenvalue weighted by Gasteiger charge is 2.24. The molecule has 0 aliphatic carbocycles. The molecular weight excluding hydrogens is 362 g/mol. The van der Waals surface area contributed by atoms with Crippen molar-refractivity contribution in [2.75, 3.05) is 0 Å². The molecule has 2 aromatic heterocycles. The van der Waals surface area contributed by atoms with Gasteiger partial charge < -0.3 is 5.11 Å². The number of hydrogen-bond donors (Lipinski definition) is 1. The summed E-state index contributed by atoms with van der Waals surface area (Å²) >= 11 is 0. The second-order valence-corrected chi connectivity index (χ2v) is 6.69. The van der Waals surface area contributed by atoms with Crippen molar-refractivity contribution in [2.45, 2.75) is 0 Å². The van der Waals surface area contributed by atoms with Crippen LogP contribution in [-0.2, 0) is 0 Å². The van der Waals surface area contributed by atoms with Crippen LogP contribution in [0.15, 0.2) is 102 Å². The molecule has 0 atom stereocenters. The second-order valence-electron chi connectivity index (χ2n) is 6.69. The average Bonchev–Trinajstić information content (AvgIpc) is 3.04. The van der Waals surface area contributed by atoms with Crippen molar-refractivity contribution in [3.63, 3.8) is 0 Å². The minimum absolute atomic E-state index is 0.146. The monoisotopic (exact) mass is 379 g/mol. The van der Waals surface area contributed by atoms with Gasteiger partial charge in [0.1, 0.15) is 5.56 Å². The molecule has 0 amide bonds. The number of hydrogen-bond acceptors (Lipinski definition) is 3. The van der Waals surface area contributed by atoms with Crippen LogP contribution in [0.2, 0.25) is 0 Å². The van der Waals surface area contributed by atoms with E-state index in [1.165, 1.54) is 9.36 Å². The zero-order valence-corrected chi connectivity index (χ0v) is 15.4. The third-order valence-electron chi connectivity index (χ3n) is 4.89. The van der Waals surface area contributed by atoms with Crippen LogP contribution in [0, 0.1) is 0 Å². The lowest BCUT2D eigenvalue weighted by Gasteiger charge is -2.12.